The first-order chi connectivity index (χ1) is 10.7. The number of cyclic esters (lactones) is 2. The molecule has 7 heteroatoms. The van der Waals surface area contributed by atoms with Gasteiger partial charge in [0.25, 0.3) is 5.79 Å². The van der Waals surface area contributed by atoms with Gasteiger partial charge in [-0.1, -0.05) is 12.8 Å². The summed E-state index contributed by atoms with van der Waals surface area (Å²) < 4.78 is 9.79. The highest BCUT2D eigenvalue weighted by Crippen LogP contribution is 2.33. The van der Waals surface area contributed by atoms with Crippen LogP contribution in [0.25, 0.3) is 0 Å². The standard InChI is InChI=1S/C11H14O5.C5H7ClO/c1-11(2)15-9(13)7(10(14)16-11)8(12)6-4-3-5-6;6-5(7)4-2-1-3-4/h6-7H,3-5H2,1-2H3;4H,1-3H2. The van der Waals surface area contributed by atoms with E-state index in [1.165, 1.54) is 20.3 Å². The van der Waals surface area contributed by atoms with Gasteiger partial charge in [0.15, 0.2) is 5.78 Å². The highest BCUT2D eigenvalue weighted by Gasteiger charge is 2.49. The van der Waals surface area contributed by atoms with Crippen molar-refractivity contribution in [1.29, 1.82) is 0 Å². The smallest absolute Gasteiger partial charge is 0.331 e. The summed E-state index contributed by atoms with van der Waals surface area (Å²) >= 11 is 5.14. The second-order valence-corrected chi connectivity index (χ2v) is 7.01. The number of hydrogen-bond donors (Lipinski definition) is 0. The molecule has 0 spiro atoms. The number of ether oxygens (including phenoxy) is 2. The van der Waals surface area contributed by atoms with Gasteiger partial charge in [0.05, 0.1) is 0 Å². The molecule has 23 heavy (non-hydrogen) atoms. The first-order valence-corrected chi connectivity index (χ1v) is 8.28. The Bertz CT molecular complexity index is 499. The van der Waals surface area contributed by atoms with Crippen molar-refractivity contribution in [2.75, 3.05) is 0 Å². The van der Waals surface area contributed by atoms with Gasteiger partial charge in [0.1, 0.15) is 0 Å². The van der Waals surface area contributed by atoms with Gasteiger partial charge in [-0.05, 0) is 37.3 Å². The Kier molecular flexibility index (Phi) is 5.45. The van der Waals surface area contributed by atoms with E-state index in [0.29, 0.717) is 0 Å². The summed E-state index contributed by atoms with van der Waals surface area (Å²) in [4.78, 5) is 45.1. The van der Waals surface area contributed by atoms with Crippen molar-refractivity contribution in [2.45, 2.75) is 58.2 Å². The van der Waals surface area contributed by atoms with Crippen molar-refractivity contribution >= 4 is 34.6 Å². The number of carbonyl (C=O) groups is 4. The molecule has 2 saturated carbocycles. The summed E-state index contributed by atoms with van der Waals surface area (Å²) in [5, 5.41) is -0.147. The Labute approximate surface area is 139 Å². The molecule has 0 bridgehead atoms. The molecule has 0 unspecified atom stereocenters. The van der Waals surface area contributed by atoms with Crippen LogP contribution >= 0.6 is 11.6 Å². The average Bonchev–Trinajstić information content (AvgIpc) is 2.19. The zero-order chi connectivity index (χ0) is 17.2. The zero-order valence-electron chi connectivity index (χ0n) is 13.3. The van der Waals surface area contributed by atoms with Crippen LogP contribution in [0.1, 0.15) is 52.4 Å². The molecular formula is C16H21ClO6. The van der Waals surface area contributed by atoms with Gasteiger partial charge in [-0.2, -0.15) is 0 Å². The molecule has 0 amide bonds. The number of esters is 2. The molecule has 3 aliphatic rings. The average molecular weight is 345 g/mol. The van der Waals surface area contributed by atoms with Crippen LogP contribution in [0.3, 0.4) is 0 Å². The van der Waals surface area contributed by atoms with E-state index in [2.05, 4.69) is 0 Å². The fourth-order valence-corrected chi connectivity index (χ4v) is 2.73. The second kappa shape index (κ2) is 6.99. The highest BCUT2D eigenvalue weighted by atomic mass is 35.5. The number of halogens is 1. The Morgan fingerprint density at radius 2 is 1.39 bits per heavy atom. The molecule has 0 aromatic heterocycles. The summed E-state index contributed by atoms with van der Waals surface area (Å²) in [7, 11) is 0. The Morgan fingerprint density at radius 3 is 1.65 bits per heavy atom. The molecule has 3 rings (SSSR count). The molecule has 1 aliphatic heterocycles. The Balaban J connectivity index is 0.000000229. The van der Waals surface area contributed by atoms with Gasteiger partial charge in [-0.3, -0.25) is 19.2 Å². The minimum absolute atomic E-state index is 0.147. The second-order valence-electron chi connectivity index (χ2n) is 6.64. The van der Waals surface area contributed by atoms with Crippen molar-refractivity contribution < 1.29 is 28.7 Å². The van der Waals surface area contributed by atoms with Gasteiger partial charge >= 0.3 is 11.9 Å². The number of hydrogen-bond acceptors (Lipinski definition) is 6. The van der Waals surface area contributed by atoms with E-state index in [1.54, 1.807) is 0 Å². The van der Waals surface area contributed by atoms with E-state index >= 15 is 0 Å². The van der Waals surface area contributed by atoms with Crippen LogP contribution in [0.2, 0.25) is 0 Å². The summed E-state index contributed by atoms with van der Waals surface area (Å²) in [6.45, 7) is 2.93. The largest absolute Gasteiger partial charge is 0.422 e. The SMILES string of the molecule is CC1(C)OC(=O)C(C(=O)C2CCC2)C(=O)O1.O=C(Cl)C1CCC1. The van der Waals surface area contributed by atoms with Crippen LogP contribution in [0.5, 0.6) is 0 Å². The Hall–Kier alpha value is -1.43. The van der Waals surface area contributed by atoms with Gasteiger partial charge in [-0.25, -0.2) is 0 Å². The van der Waals surface area contributed by atoms with E-state index < -0.39 is 23.6 Å². The summed E-state index contributed by atoms with van der Waals surface area (Å²) in [6.07, 6.45) is 5.69. The lowest BCUT2D eigenvalue weighted by molar-refractivity contribution is -0.238. The first-order valence-electron chi connectivity index (χ1n) is 7.90. The number of Topliss-reactive ketones (excluding diaryl/α,β-unsaturated/α-hetero) is 1. The molecule has 0 aromatic rings. The lowest BCUT2D eigenvalue weighted by Crippen LogP contribution is -2.50. The first kappa shape index (κ1) is 17.9. The van der Waals surface area contributed by atoms with Crippen molar-refractivity contribution in [2.24, 2.45) is 17.8 Å². The minimum atomic E-state index is -1.36. The van der Waals surface area contributed by atoms with Crippen molar-refractivity contribution in [3.05, 3.63) is 0 Å². The van der Waals surface area contributed by atoms with E-state index in [1.807, 2.05) is 0 Å². The van der Waals surface area contributed by atoms with Gasteiger partial charge < -0.3 is 9.47 Å². The fraction of sp³-hybridized carbons (Fsp3) is 0.750. The predicted molar refractivity (Wildman–Crippen MR) is 80.3 cm³/mol. The zero-order valence-corrected chi connectivity index (χ0v) is 14.1. The number of rotatable bonds is 3. The predicted octanol–water partition coefficient (Wildman–Crippen LogP) is 2.36. The highest BCUT2D eigenvalue weighted by molar-refractivity contribution is 6.64. The van der Waals surface area contributed by atoms with Crippen LogP contribution in [-0.4, -0.2) is 28.8 Å². The maximum Gasteiger partial charge on any atom is 0.331 e. The minimum Gasteiger partial charge on any atom is -0.422 e. The van der Waals surface area contributed by atoms with Crippen LogP contribution in [0, 0.1) is 17.8 Å². The molecule has 128 valence electrons. The van der Waals surface area contributed by atoms with Crippen molar-refractivity contribution in [3.8, 4) is 0 Å². The fourth-order valence-electron chi connectivity index (χ4n) is 2.52. The third kappa shape index (κ3) is 4.31. The molecule has 0 radical (unpaired) electrons. The lowest BCUT2D eigenvalue weighted by atomic mass is 9.77. The number of carbonyl (C=O) groups excluding carboxylic acids is 4. The van der Waals surface area contributed by atoms with Gasteiger partial charge in [0, 0.05) is 25.7 Å². The molecule has 2 aliphatic carbocycles. The third-order valence-corrected chi connectivity index (χ3v) is 4.69. The topological polar surface area (TPSA) is 86.7 Å². The lowest BCUT2D eigenvalue weighted by Gasteiger charge is -2.34. The van der Waals surface area contributed by atoms with Gasteiger partial charge in [0.2, 0.25) is 11.2 Å². The quantitative estimate of drug-likeness (QED) is 0.444. The van der Waals surface area contributed by atoms with E-state index in [9.17, 15) is 19.2 Å². The normalized spacial score (nSPS) is 24.3. The number of ketones is 1. The summed E-state index contributed by atoms with van der Waals surface area (Å²) in [5.41, 5.74) is 0. The maximum atomic E-state index is 11.8. The monoisotopic (exact) mass is 344 g/mol. The molecule has 3 fully saturated rings. The van der Waals surface area contributed by atoms with E-state index in [4.69, 9.17) is 21.1 Å². The van der Waals surface area contributed by atoms with Crippen LogP contribution < -0.4 is 0 Å². The van der Waals surface area contributed by atoms with Crippen molar-refractivity contribution in [1.82, 2.24) is 0 Å². The molecular weight excluding hydrogens is 324 g/mol. The molecule has 0 aromatic carbocycles. The van der Waals surface area contributed by atoms with Crippen molar-refractivity contribution in [3.63, 3.8) is 0 Å². The maximum absolute atomic E-state index is 11.8. The summed E-state index contributed by atoms with van der Waals surface area (Å²) in [5.74, 6) is -4.50. The van der Waals surface area contributed by atoms with Crippen LogP contribution in [0.15, 0.2) is 0 Å². The Morgan fingerprint density at radius 1 is 0.957 bits per heavy atom. The molecule has 6 nitrogen and oxygen atoms in total. The van der Waals surface area contributed by atoms with Crippen LogP contribution in [0.4, 0.5) is 0 Å². The molecule has 1 saturated heterocycles. The van der Waals surface area contributed by atoms with E-state index in [0.717, 1.165) is 32.1 Å². The van der Waals surface area contributed by atoms with Gasteiger partial charge in [-0.15, -0.1) is 0 Å². The summed E-state index contributed by atoms with van der Waals surface area (Å²) in [6, 6.07) is 0. The molecule has 1 heterocycles. The van der Waals surface area contributed by atoms with E-state index in [-0.39, 0.29) is 22.9 Å². The molecule has 0 atom stereocenters. The molecule has 0 N–H and O–H groups in total. The van der Waals surface area contributed by atoms with Crippen LogP contribution in [-0.2, 0) is 28.7 Å². The third-order valence-electron chi connectivity index (χ3n) is 4.38.